The summed E-state index contributed by atoms with van der Waals surface area (Å²) in [6.07, 6.45) is 1.34. The molecule has 3 aliphatic heterocycles. The maximum Gasteiger partial charge on any atom is 0.0645 e. The van der Waals surface area contributed by atoms with E-state index in [1.807, 2.05) is 0 Å². The van der Waals surface area contributed by atoms with E-state index in [1.54, 1.807) is 0 Å². The van der Waals surface area contributed by atoms with Gasteiger partial charge in [-0.2, -0.15) is 0 Å². The lowest BCUT2D eigenvalue weighted by molar-refractivity contribution is -0.0791. The Bertz CT molecular complexity index is 206. The van der Waals surface area contributed by atoms with Gasteiger partial charge in [-0.15, -0.1) is 0 Å². The van der Waals surface area contributed by atoms with Crippen molar-refractivity contribution in [3.63, 3.8) is 0 Å². The van der Waals surface area contributed by atoms with Crippen LogP contribution in [0.1, 0.15) is 6.42 Å². The molecule has 3 heterocycles. The van der Waals surface area contributed by atoms with Crippen LogP contribution in [0.25, 0.3) is 0 Å². The predicted octanol–water partition coefficient (Wildman–Crippen LogP) is -0.635. The number of hydrogen-bond acceptors (Lipinski definition) is 4. The molecule has 3 aliphatic rings. The van der Waals surface area contributed by atoms with Crippen molar-refractivity contribution in [1.82, 2.24) is 15.1 Å². The maximum absolute atomic E-state index is 5.25. The van der Waals surface area contributed by atoms with Crippen LogP contribution in [-0.2, 0) is 4.74 Å². The van der Waals surface area contributed by atoms with Crippen LogP contribution in [0, 0.1) is 0 Å². The third-order valence-electron chi connectivity index (χ3n) is 4.04. The third-order valence-corrected chi connectivity index (χ3v) is 4.04. The SMILES string of the molecule is C1C[C@@H](N2CCN(C3COC3)CC2)CN1. The highest BCUT2D eigenvalue weighted by molar-refractivity contribution is 4.87. The van der Waals surface area contributed by atoms with Gasteiger partial charge in [0.15, 0.2) is 0 Å². The monoisotopic (exact) mass is 211 g/mol. The highest BCUT2D eigenvalue weighted by Crippen LogP contribution is 2.16. The first-order valence-corrected chi connectivity index (χ1v) is 6.20. The Labute approximate surface area is 91.6 Å². The summed E-state index contributed by atoms with van der Waals surface area (Å²) < 4.78 is 5.25. The van der Waals surface area contributed by atoms with Crippen LogP contribution in [0.5, 0.6) is 0 Å². The summed E-state index contributed by atoms with van der Waals surface area (Å²) in [5, 5.41) is 3.45. The molecule has 3 rings (SSSR count). The summed E-state index contributed by atoms with van der Waals surface area (Å²) in [4.78, 5) is 5.26. The molecule has 1 atom stereocenters. The Hall–Kier alpha value is -0.160. The molecule has 4 heteroatoms. The Morgan fingerprint density at radius 1 is 0.933 bits per heavy atom. The number of hydrogen-bond donors (Lipinski definition) is 1. The fourth-order valence-corrected chi connectivity index (χ4v) is 2.85. The maximum atomic E-state index is 5.25. The van der Waals surface area contributed by atoms with E-state index in [0.29, 0.717) is 0 Å². The second-order valence-electron chi connectivity index (χ2n) is 4.91. The van der Waals surface area contributed by atoms with Crippen molar-refractivity contribution in [2.45, 2.75) is 18.5 Å². The van der Waals surface area contributed by atoms with Gasteiger partial charge in [0.05, 0.1) is 19.3 Å². The van der Waals surface area contributed by atoms with Gasteiger partial charge >= 0.3 is 0 Å². The molecule has 0 amide bonds. The van der Waals surface area contributed by atoms with Crippen LogP contribution in [0.3, 0.4) is 0 Å². The molecule has 3 saturated heterocycles. The highest BCUT2D eigenvalue weighted by atomic mass is 16.5. The molecule has 0 aromatic rings. The van der Waals surface area contributed by atoms with Gasteiger partial charge in [0, 0.05) is 38.8 Å². The summed E-state index contributed by atoms with van der Waals surface area (Å²) in [6, 6.07) is 1.54. The molecule has 0 unspecified atom stereocenters. The number of nitrogens with one attached hydrogen (secondary N) is 1. The van der Waals surface area contributed by atoms with Crippen LogP contribution in [0.4, 0.5) is 0 Å². The Kier molecular flexibility index (Phi) is 2.92. The molecule has 1 N–H and O–H groups in total. The van der Waals surface area contributed by atoms with E-state index in [4.69, 9.17) is 4.74 Å². The molecular weight excluding hydrogens is 190 g/mol. The van der Waals surface area contributed by atoms with Gasteiger partial charge in [-0.25, -0.2) is 0 Å². The average Bonchev–Trinajstić information content (AvgIpc) is 2.69. The van der Waals surface area contributed by atoms with Crippen molar-refractivity contribution in [3.05, 3.63) is 0 Å². The molecular formula is C11H21N3O. The van der Waals surface area contributed by atoms with E-state index >= 15 is 0 Å². The smallest absolute Gasteiger partial charge is 0.0645 e. The van der Waals surface area contributed by atoms with Gasteiger partial charge in [0.25, 0.3) is 0 Å². The Morgan fingerprint density at radius 2 is 1.60 bits per heavy atom. The van der Waals surface area contributed by atoms with Gasteiger partial charge < -0.3 is 10.1 Å². The van der Waals surface area contributed by atoms with Crippen molar-refractivity contribution in [3.8, 4) is 0 Å². The first-order chi connectivity index (χ1) is 7.43. The predicted molar refractivity (Wildman–Crippen MR) is 59.0 cm³/mol. The molecule has 0 bridgehead atoms. The molecule has 0 aliphatic carbocycles. The summed E-state index contributed by atoms with van der Waals surface area (Å²) >= 11 is 0. The average molecular weight is 211 g/mol. The van der Waals surface area contributed by atoms with Crippen molar-refractivity contribution in [2.75, 3.05) is 52.5 Å². The fraction of sp³-hybridized carbons (Fsp3) is 1.00. The van der Waals surface area contributed by atoms with E-state index < -0.39 is 0 Å². The van der Waals surface area contributed by atoms with Crippen molar-refractivity contribution in [2.24, 2.45) is 0 Å². The molecule has 0 aromatic heterocycles. The van der Waals surface area contributed by atoms with Crippen molar-refractivity contribution < 1.29 is 4.74 Å². The lowest BCUT2D eigenvalue weighted by Gasteiger charge is -2.44. The zero-order chi connectivity index (χ0) is 10.1. The van der Waals surface area contributed by atoms with Crippen LogP contribution in [0.15, 0.2) is 0 Å². The van der Waals surface area contributed by atoms with Crippen LogP contribution in [0.2, 0.25) is 0 Å². The molecule has 0 spiro atoms. The molecule has 0 saturated carbocycles. The summed E-state index contributed by atoms with van der Waals surface area (Å²) in [5.74, 6) is 0. The van der Waals surface area contributed by atoms with Gasteiger partial charge in [0.1, 0.15) is 0 Å². The highest BCUT2D eigenvalue weighted by Gasteiger charge is 2.31. The van der Waals surface area contributed by atoms with Gasteiger partial charge in [-0.3, -0.25) is 9.80 Å². The van der Waals surface area contributed by atoms with E-state index in [-0.39, 0.29) is 0 Å². The number of nitrogens with zero attached hydrogens (tertiary/aromatic N) is 2. The van der Waals surface area contributed by atoms with Crippen LogP contribution in [-0.4, -0.2) is 74.4 Å². The Balaban J connectivity index is 1.47. The zero-order valence-corrected chi connectivity index (χ0v) is 9.32. The minimum Gasteiger partial charge on any atom is -0.378 e. The zero-order valence-electron chi connectivity index (χ0n) is 9.32. The van der Waals surface area contributed by atoms with E-state index in [1.165, 1.54) is 45.7 Å². The van der Waals surface area contributed by atoms with E-state index in [2.05, 4.69) is 15.1 Å². The topological polar surface area (TPSA) is 27.7 Å². The lowest BCUT2D eigenvalue weighted by Crippen LogP contribution is -2.58. The minimum atomic E-state index is 0.730. The molecule has 4 nitrogen and oxygen atoms in total. The molecule has 0 aromatic carbocycles. The normalized spacial score (nSPS) is 35.6. The van der Waals surface area contributed by atoms with Gasteiger partial charge in [-0.05, 0) is 13.0 Å². The largest absolute Gasteiger partial charge is 0.378 e. The number of ether oxygens (including phenoxy) is 1. The molecule has 86 valence electrons. The van der Waals surface area contributed by atoms with Crippen LogP contribution < -0.4 is 5.32 Å². The first kappa shape index (κ1) is 10.0. The number of piperazine rings is 1. The standard InChI is InChI=1S/C11H21N3O/c1-2-12-7-10(1)13-3-5-14(6-4-13)11-8-15-9-11/h10-12H,1-9H2/t10-/m1/s1. The summed E-state index contributed by atoms with van der Waals surface area (Å²) in [7, 11) is 0. The van der Waals surface area contributed by atoms with Crippen molar-refractivity contribution >= 4 is 0 Å². The Morgan fingerprint density at radius 3 is 2.07 bits per heavy atom. The second-order valence-corrected chi connectivity index (χ2v) is 4.91. The second kappa shape index (κ2) is 4.37. The first-order valence-electron chi connectivity index (χ1n) is 6.20. The third kappa shape index (κ3) is 2.04. The number of rotatable bonds is 2. The minimum absolute atomic E-state index is 0.730. The molecule has 15 heavy (non-hydrogen) atoms. The summed E-state index contributed by atoms with van der Waals surface area (Å²) in [5.41, 5.74) is 0. The van der Waals surface area contributed by atoms with E-state index in [9.17, 15) is 0 Å². The van der Waals surface area contributed by atoms with Gasteiger partial charge in [0.2, 0.25) is 0 Å². The fourth-order valence-electron chi connectivity index (χ4n) is 2.85. The quantitative estimate of drug-likeness (QED) is 0.658. The molecule has 0 radical (unpaired) electrons. The van der Waals surface area contributed by atoms with E-state index in [0.717, 1.165) is 25.3 Å². The van der Waals surface area contributed by atoms with Crippen LogP contribution >= 0.6 is 0 Å². The van der Waals surface area contributed by atoms with Gasteiger partial charge in [-0.1, -0.05) is 0 Å². The summed E-state index contributed by atoms with van der Waals surface area (Å²) in [6.45, 7) is 9.32. The lowest BCUT2D eigenvalue weighted by atomic mass is 10.1. The molecule has 3 fully saturated rings. The van der Waals surface area contributed by atoms with Crippen molar-refractivity contribution in [1.29, 1.82) is 0 Å².